The van der Waals surface area contributed by atoms with Crippen LogP contribution in [0, 0.1) is 18.3 Å². The molecule has 5 nitrogen and oxygen atoms in total. The van der Waals surface area contributed by atoms with Crippen molar-refractivity contribution >= 4 is 11.7 Å². The maximum absolute atomic E-state index is 11.9. The van der Waals surface area contributed by atoms with Gasteiger partial charge in [-0.15, -0.1) is 0 Å². The van der Waals surface area contributed by atoms with Crippen molar-refractivity contribution in [1.82, 2.24) is 4.90 Å². The van der Waals surface area contributed by atoms with Gasteiger partial charge in [-0.05, 0) is 38.0 Å². The van der Waals surface area contributed by atoms with Gasteiger partial charge in [0.15, 0.2) is 0 Å². The normalized spacial score (nSPS) is 11.5. The molecule has 0 heterocycles. The smallest absolute Gasteiger partial charge is 0.321 e. The average Bonchev–Trinajstić information content (AvgIpc) is 2.38. The fourth-order valence-corrected chi connectivity index (χ4v) is 1.52. The molecule has 1 atom stereocenters. The highest BCUT2D eigenvalue weighted by atomic mass is 16.3. The number of carbonyl (C=O) groups is 1. The summed E-state index contributed by atoms with van der Waals surface area (Å²) in [5.74, 6) is 0. The predicted molar refractivity (Wildman–Crippen MR) is 73.8 cm³/mol. The Hall–Kier alpha value is -2.06. The monoisotopic (exact) mass is 261 g/mol. The number of nitriles is 1. The maximum Gasteiger partial charge on any atom is 0.321 e. The van der Waals surface area contributed by atoms with Crippen molar-refractivity contribution in [2.45, 2.75) is 26.4 Å². The summed E-state index contributed by atoms with van der Waals surface area (Å²) in [4.78, 5) is 13.4. The number of urea groups is 1. The first-order valence-corrected chi connectivity index (χ1v) is 6.15. The highest BCUT2D eigenvalue weighted by molar-refractivity contribution is 5.90. The molecule has 19 heavy (non-hydrogen) atoms. The first kappa shape index (κ1) is 15.0. The van der Waals surface area contributed by atoms with Crippen molar-refractivity contribution < 1.29 is 9.90 Å². The lowest BCUT2D eigenvalue weighted by Gasteiger charge is -2.19. The van der Waals surface area contributed by atoms with Gasteiger partial charge in [0, 0.05) is 19.3 Å². The number of aliphatic hydroxyl groups excluding tert-OH is 1. The van der Waals surface area contributed by atoms with Gasteiger partial charge in [0.1, 0.15) is 0 Å². The number of anilines is 1. The van der Waals surface area contributed by atoms with Crippen molar-refractivity contribution in [2.24, 2.45) is 0 Å². The fourth-order valence-electron chi connectivity index (χ4n) is 1.52. The second kappa shape index (κ2) is 6.76. The third kappa shape index (κ3) is 4.60. The van der Waals surface area contributed by atoms with Gasteiger partial charge < -0.3 is 15.3 Å². The zero-order valence-corrected chi connectivity index (χ0v) is 11.5. The van der Waals surface area contributed by atoms with Crippen LogP contribution in [0.5, 0.6) is 0 Å². The lowest BCUT2D eigenvalue weighted by molar-refractivity contribution is 0.167. The number of nitrogens with one attached hydrogen (secondary N) is 1. The number of hydrogen-bond donors (Lipinski definition) is 2. The van der Waals surface area contributed by atoms with E-state index >= 15 is 0 Å². The predicted octanol–water partition coefficient (Wildman–Crippen LogP) is 2.10. The second-order valence-electron chi connectivity index (χ2n) is 4.63. The van der Waals surface area contributed by atoms with Crippen LogP contribution in [0.15, 0.2) is 18.2 Å². The summed E-state index contributed by atoms with van der Waals surface area (Å²) in [7, 11) is 1.67. The fraction of sp³-hybridized carbons (Fsp3) is 0.429. The minimum absolute atomic E-state index is 0.251. The van der Waals surface area contributed by atoms with E-state index in [0.29, 0.717) is 24.2 Å². The number of benzene rings is 1. The van der Waals surface area contributed by atoms with Crippen molar-refractivity contribution in [1.29, 1.82) is 5.26 Å². The van der Waals surface area contributed by atoms with Crippen molar-refractivity contribution in [3.8, 4) is 6.07 Å². The quantitative estimate of drug-likeness (QED) is 0.871. The van der Waals surface area contributed by atoms with E-state index in [-0.39, 0.29) is 6.03 Å². The molecule has 2 N–H and O–H groups in total. The molecule has 1 aromatic rings. The van der Waals surface area contributed by atoms with E-state index in [1.807, 2.05) is 13.0 Å². The van der Waals surface area contributed by atoms with Gasteiger partial charge in [-0.2, -0.15) is 5.26 Å². The number of aryl methyl sites for hydroxylation is 1. The number of hydrogen-bond acceptors (Lipinski definition) is 3. The van der Waals surface area contributed by atoms with Crippen LogP contribution >= 0.6 is 0 Å². The molecule has 0 saturated carbocycles. The standard InChI is InChI=1S/C14H19N3O2/c1-10-4-5-12(9-15)8-13(10)16-14(19)17(3)7-6-11(2)18/h4-5,8,11,18H,6-7H2,1-3H3,(H,16,19). The van der Waals surface area contributed by atoms with Crippen LogP contribution in [0.3, 0.4) is 0 Å². The number of rotatable bonds is 4. The molecule has 2 amide bonds. The minimum Gasteiger partial charge on any atom is -0.393 e. The molecule has 0 spiro atoms. The second-order valence-corrected chi connectivity index (χ2v) is 4.63. The first-order valence-electron chi connectivity index (χ1n) is 6.15. The molecule has 0 aliphatic heterocycles. The molecular formula is C14H19N3O2. The van der Waals surface area contributed by atoms with Crippen molar-refractivity contribution in [3.63, 3.8) is 0 Å². The number of amides is 2. The zero-order valence-electron chi connectivity index (χ0n) is 11.5. The Morgan fingerprint density at radius 2 is 2.26 bits per heavy atom. The SMILES string of the molecule is Cc1ccc(C#N)cc1NC(=O)N(C)CCC(C)O. The lowest BCUT2D eigenvalue weighted by Crippen LogP contribution is -2.33. The molecule has 0 aliphatic rings. The summed E-state index contributed by atoms with van der Waals surface area (Å²) < 4.78 is 0. The van der Waals surface area contributed by atoms with Gasteiger partial charge in [-0.3, -0.25) is 0 Å². The van der Waals surface area contributed by atoms with Gasteiger partial charge in [0.25, 0.3) is 0 Å². The molecule has 1 rings (SSSR count). The van der Waals surface area contributed by atoms with E-state index in [4.69, 9.17) is 5.26 Å². The summed E-state index contributed by atoms with van der Waals surface area (Å²) in [5.41, 5.74) is 2.04. The van der Waals surface area contributed by atoms with Gasteiger partial charge in [-0.25, -0.2) is 4.79 Å². The number of carbonyl (C=O) groups excluding carboxylic acids is 1. The molecular weight excluding hydrogens is 242 g/mol. The van der Waals surface area contributed by atoms with Crippen LogP contribution in [0.2, 0.25) is 0 Å². The largest absolute Gasteiger partial charge is 0.393 e. The average molecular weight is 261 g/mol. The van der Waals surface area contributed by atoms with Crippen LogP contribution in [0.25, 0.3) is 0 Å². The first-order chi connectivity index (χ1) is 8.93. The van der Waals surface area contributed by atoms with Crippen molar-refractivity contribution in [2.75, 3.05) is 18.9 Å². The summed E-state index contributed by atoms with van der Waals surface area (Å²) in [6.07, 6.45) is 0.0973. The van der Waals surface area contributed by atoms with Crippen LogP contribution in [0.4, 0.5) is 10.5 Å². The van der Waals surface area contributed by atoms with Crippen LogP contribution in [-0.2, 0) is 0 Å². The Morgan fingerprint density at radius 3 is 2.84 bits per heavy atom. The third-order valence-corrected chi connectivity index (χ3v) is 2.84. The van der Waals surface area contributed by atoms with Crippen LogP contribution < -0.4 is 5.32 Å². The number of aliphatic hydroxyl groups is 1. The Balaban J connectivity index is 2.69. The van der Waals surface area contributed by atoms with E-state index in [9.17, 15) is 9.90 Å². The summed E-state index contributed by atoms with van der Waals surface area (Å²) in [6.45, 7) is 4.03. The molecule has 0 saturated heterocycles. The Bertz CT molecular complexity index is 492. The highest BCUT2D eigenvalue weighted by Gasteiger charge is 2.11. The number of nitrogens with zero attached hydrogens (tertiary/aromatic N) is 2. The van der Waals surface area contributed by atoms with Gasteiger partial charge in [0.2, 0.25) is 0 Å². The van der Waals surface area contributed by atoms with E-state index in [1.54, 1.807) is 32.2 Å². The van der Waals surface area contributed by atoms with Crippen LogP contribution in [0.1, 0.15) is 24.5 Å². The molecule has 0 aliphatic carbocycles. The van der Waals surface area contributed by atoms with E-state index in [0.717, 1.165) is 5.56 Å². The molecule has 0 bridgehead atoms. The molecule has 0 aromatic heterocycles. The maximum atomic E-state index is 11.9. The molecule has 0 radical (unpaired) electrons. The molecule has 0 fully saturated rings. The summed E-state index contributed by atoms with van der Waals surface area (Å²) in [5, 5.41) is 20.8. The van der Waals surface area contributed by atoms with Crippen LogP contribution in [-0.4, -0.2) is 35.7 Å². The third-order valence-electron chi connectivity index (χ3n) is 2.84. The van der Waals surface area contributed by atoms with E-state index in [1.165, 1.54) is 4.90 Å². The topological polar surface area (TPSA) is 76.4 Å². The van der Waals surface area contributed by atoms with Gasteiger partial charge >= 0.3 is 6.03 Å². The van der Waals surface area contributed by atoms with Crippen molar-refractivity contribution in [3.05, 3.63) is 29.3 Å². The molecule has 102 valence electrons. The zero-order chi connectivity index (χ0) is 14.4. The highest BCUT2D eigenvalue weighted by Crippen LogP contribution is 2.16. The minimum atomic E-state index is -0.432. The molecule has 1 aromatic carbocycles. The summed E-state index contributed by atoms with van der Waals surface area (Å²) >= 11 is 0. The van der Waals surface area contributed by atoms with E-state index < -0.39 is 6.10 Å². The Labute approximate surface area is 113 Å². The van der Waals surface area contributed by atoms with Gasteiger partial charge in [-0.1, -0.05) is 6.07 Å². The lowest BCUT2D eigenvalue weighted by atomic mass is 10.1. The molecule has 5 heteroatoms. The Kier molecular flexibility index (Phi) is 5.34. The Morgan fingerprint density at radius 1 is 1.58 bits per heavy atom. The summed E-state index contributed by atoms with van der Waals surface area (Å²) in [6, 6.07) is 6.94. The van der Waals surface area contributed by atoms with E-state index in [2.05, 4.69) is 5.32 Å². The molecule has 1 unspecified atom stereocenters. The van der Waals surface area contributed by atoms with Gasteiger partial charge in [0.05, 0.1) is 17.7 Å².